The molecule has 0 aliphatic carbocycles. The van der Waals surface area contributed by atoms with Crippen LogP contribution in [0.4, 0.5) is 14.5 Å². The molecular weight excluding hydrogens is 498 g/mol. The van der Waals surface area contributed by atoms with Crippen molar-refractivity contribution in [1.29, 1.82) is 0 Å². The van der Waals surface area contributed by atoms with Gasteiger partial charge in [0.25, 0.3) is 5.91 Å². The van der Waals surface area contributed by atoms with Gasteiger partial charge in [0.05, 0.1) is 5.56 Å². The molecule has 1 aliphatic heterocycles. The zero-order valence-corrected chi connectivity index (χ0v) is 21.5. The Balaban J connectivity index is 1.34. The van der Waals surface area contributed by atoms with E-state index >= 15 is 0 Å². The summed E-state index contributed by atoms with van der Waals surface area (Å²) >= 11 is 0. The maximum atomic E-state index is 14.9. The van der Waals surface area contributed by atoms with Crippen LogP contribution in [-0.2, 0) is 19.5 Å². The Bertz CT molecular complexity index is 1570. The van der Waals surface area contributed by atoms with Gasteiger partial charge in [-0.05, 0) is 90.0 Å². The number of aryl methyl sites for hydroxylation is 2. The number of amides is 1. The van der Waals surface area contributed by atoms with Gasteiger partial charge in [0.2, 0.25) is 0 Å². The topological polar surface area (TPSA) is 69.6 Å². The number of hydrogen-bond donors (Lipinski definition) is 2. The van der Waals surface area contributed by atoms with Gasteiger partial charge in [-0.2, -0.15) is 0 Å². The molecule has 1 amide bonds. The van der Waals surface area contributed by atoms with Crippen LogP contribution in [0.5, 0.6) is 0 Å². The van der Waals surface area contributed by atoms with Crippen molar-refractivity contribution in [2.45, 2.75) is 32.9 Å². The van der Waals surface area contributed by atoms with Gasteiger partial charge in [-0.25, -0.2) is 13.6 Å². The van der Waals surface area contributed by atoms with Crippen LogP contribution in [0.15, 0.2) is 78.9 Å². The van der Waals surface area contributed by atoms with Gasteiger partial charge in [0.15, 0.2) is 0 Å². The van der Waals surface area contributed by atoms with Crippen molar-refractivity contribution in [3.8, 4) is 11.1 Å². The van der Waals surface area contributed by atoms with Crippen molar-refractivity contribution in [2.24, 2.45) is 0 Å². The first-order valence-corrected chi connectivity index (χ1v) is 12.8. The molecular formula is C32H28F2N2O3. The minimum Gasteiger partial charge on any atom is -0.478 e. The number of carbonyl (C=O) groups excluding carboxylic acids is 1. The van der Waals surface area contributed by atoms with E-state index in [-0.39, 0.29) is 29.6 Å². The van der Waals surface area contributed by atoms with Crippen LogP contribution in [0.3, 0.4) is 0 Å². The monoisotopic (exact) mass is 526 g/mol. The Kier molecular flexibility index (Phi) is 7.41. The highest BCUT2D eigenvalue weighted by Crippen LogP contribution is 2.32. The minimum absolute atomic E-state index is 0.164. The third-order valence-corrected chi connectivity index (χ3v) is 7.12. The van der Waals surface area contributed by atoms with Crippen LogP contribution in [0.25, 0.3) is 11.1 Å². The summed E-state index contributed by atoms with van der Waals surface area (Å²) in [6.45, 7) is 2.96. The third kappa shape index (κ3) is 5.67. The molecule has 1 heterocycles. The first-order chi connectivity index (χ1) is 18.8. The molecule has 0 saturated heterocycles. The maximum Gasteiger partial charge on any atom is 0.336 e. The number of halogens is 2. The highest BCUT2D eigenvalue weighted by atomic mass is 19.1. The van der Waals surface area contributed by atoms with Crippen molar-refractivity contribution in [3.05, 3.63) is 124 Å². The first kappa shape index (κ1) is 26.1. The number of anilines is 1. The van der Waals surface area contributed by atoms with Gasteiger partial charge in [0.1, 0.15) is 11.6 Å². The molecule has 5 rings (SSSR count). The number of fused-ring (bicyclic) bond motifs is 1. The maximum absolute atomic E-state index is 14.9. The Morgan fingerprint density at radius 3 is 2.56 bits per heavy atom. The van der Waals surface area contributed by atoms with Crippen molar-refractivity contribution >= 4 is 17.6 Å². The second-order valence-corrected chi connectivity index (χ2v) is 9.79. The van der Waals surface area contributed by atoms with Gasteiger partial charge in [-0.1, -0.05) is 36.4 Å². The fourth-order valence-corrected chi connectivity index (χ4v) is 5.00. The Morgan fingerprint density at radius 1 is 0.949 bits per heavy atom. The predicted octanol–water partition coefficient (Wildman–Crippen LogP) is 6.52. The summed E-state index contributed by atoms with van der Waals surface area (Å²) in [7, 11) is 0. The third-order valence-electron chi connectivity index (χ3n) is 7.12. The number of rotatable bonds is 7. The summed E-state index contributed by atoms with van der Waals surface area (Å²) in [5, 5.41) is 12.4. The highest BCUT2D eigenvalue weighted by Gasteiger charge is 2.21. The van der Waals surface area contributed by atoms with Crippen molar-refractivity contribution in [3.63, 3.8) is 0 Å². The molecule has 1 aliphatic rings. The van der Waals surface area contributed by atoms with E-state index in [1.807, 2.05) is 12.1 Å². The average molecular weight is 527 g/mol. The van der Waals surface area contributed by atoms with Crippen LogP contribution in [-0.4, -0.2) is 23.5 Å². The fraction of sp³-hybridized carbons (Fsp3) is 0.188. The standard InChI is InChI=1S/C32H28F2N2O3/c1-20-8-9-21(15-29(20)34)18-35-31(37)24-11-13-30-23(17-24)5-4-14-36(30)19-25-16-22(10-12-28(25)33)26-6-2-3-7-27(26)32(38)39/h2-3,6-13,15-17H,4-5,14,18-19H2,1H3,(H,35,37)(H,38,39). The Hall–Kier alpha value is -4.52. The van der Waals surface area contributed by atoms with Gasteiger partial charge >= 0.3 is 5.97 Å². The number of nitrogens with zero attached hydrogens (tertiary/aromatic N) is 1. The van der Waals surface area contributed by atoms with Gasteiger partial charge in [-0.3, -0.25) is 4.79 Å². The molecule has 2 N–H and O–H groups in total. The second-order valence-electron chi connectivity index (χ2n) is 9.79. The van der Waals surface area contributed by atoms with E-state index < -0.39 is 5.97 Å². The van der Waals surface area contributed by atoms with E-state index in [0.29, 0.717) is 39.9 Å². The van der Waals surface area contributed by atoms with Crippen LogP contribution in [0.2, 0.25) is 0 Å². The molecule has 0 atom stereocenters. The van der Waals surface area contributed by atoms with Gasteiger partial charge in [0, 0.05) is 36.4 Å². The molecule has 4 aromatic carbocycles. The molecule has 0 fully saturated rings. The predicted molar refractivity (Wildman–Crippen MR) is 147 cm³/mol. The number of hydrogen-bond acceptors (Lipinski definition) is 3. The van der Waals surface area contributed by atoms with E-state index in [1.54, 1.807) is 55.5 Å². The zero-order valence-electron chi connectivity index (χ0n) is 21.5. The summed E-state index contributed by atoms with van der Waals surface area (Å²) in [6.07, 6.45) is 1.65. The van der Waals surface area contributed by atoms with E-state index in [1.165, 1.54) is 18.2 Å². The molecule has 0 unspecified atom stereocenters. The lowest BCUT2D eigenvalue weighted by Crippen LogP contribution is -2.30. The normalized spacial score (nSPS) is 12.6. The number of carboxylic acids is 1. The largest absolute Gasteiger partial charge is 0.478 e. The fourth-order valence-electron chi connectivity index (χ4n) is 5.00. The molecule has 0 aromatic heterocycles. The van der Waals surface area contributed by atoms with E-state index in [9.17, 15) is 23.5 Å². The molecule has 0 saturated carbocycles. The Labute approximate surface area is 225 Å². The minimum atomic E-state index is -1.03. The van der Waals surface area contributed by atoms with Crippen molar-refractivity contribution < 1.29 is 23.5 Å². The van der Waals surface area contributed by atoms with E-state index in [2.05, 4.69) is 10.2 Å². The molecule has 4 aromatic rings. The number of nitrogens with one attached hydrogen (secondary N) is 1. The second kappa shape index (κ2) is 11.1. The summed E-state index contributed by atoms with van der Waals surface area (Å²) in [5.41, 5.74) is 5.51. The molecule has 7 heteroatoms. The summed E-state index contributed by atoms with van der Waals surface area (Å²) < 4.78 is 28.7. The van der Waals surface area contributed by atoms with Crippen molar-refractivity contribution in [1.82, 2.24) is 5.32 Å². The lowest BCUT2D eigenvalue weighted by molar-refractivity contribution is 0.0697. The smallest absolute Gasteiger partial charge is 0.336 e. The summed E-state index contributed by atoms with van der Waals surface area (Å²) in [6, 6.07) is 21.8. The summed E-state index contributed by atoms with van der Waals surface area (Å²) in [4.78, 5) is 26.6. The quantitative estimate of drug-likeness (QED) is 0.288. The Morgan fingerprint density at radius 2 is 1.77 bits per heavy atom. The average Bonchev–Trinajstić information content (AvgIpc) is 2.94. The molecule has 0 bridgehead atoms. The zero-order chi connectivity index (χ0) is 27.5. The number of carboxylic acid groups (broad SMARTS) is 1. The lowest BCUT2D eigenvalue weighted by atomic mass is 9.96. The van der Waals surface area contributed by atoms with Gasteiger partial charge in [-0.15, -0.1) is 0 Å². The van der Waals surface area contributed by atoms with Crippen LogP contribution in [0, 0.1) is 18.6 Å². The molecule has 0 radical (unpaired) electrons. The van der Waals surface area contributed by atoms with Crippen LogP contribution >= 0.6 is 0 Å². The van der Waals surface area contributed by atoms with Crippen molar-refractivity contribution in [2.75, 3.05) is 11.4 Å². The molecule has 198 valence electrons. The first-order valence-electron chi connectivity index (χ1n) is 12.8. The summed E-state index contributed by atoms with van der Waals surface area (Å²) in [5.74, 6) is -1.94. The highest BCUT2D eigenvalue weighted by molar-refractivity contribution is 5.96. The number of benzene rings is 4. The molecule has 39 heavy (non-hydrogen) atoms. The van der Waals surface area contributed by atoms with E-state index in [4.69, 9.17) is 0 Å². The lowest BCUT2D eigenvalue weighted by Gasteiger charge is -2.32. The van der Waals surface area contributed by atoms with Gasteiger partial charge < -0.3 is 15.3 Å². The number of carbonyl (C=O) groups is 2. The van der Waals surface area contributed by atoms with E-state index in [0.717, 1.165) is 30.6 Å². The molecule has 5 nitrogen and oxygen atoms in total. The SMILES string of the molecule is Cc1ccc(CNC(=O)c2ccc3c(c2)CCCN3Cc2cc(-c3ccccc3C(=O)O)ccc2F)cc1F. The van der Waals surface area contributed by atoms with Crippen LogP contribution in [0.1, 0.15) is 49.4 Å². The van der Waals surface area contributed by atoms with Crippen LogP contribution < -0.4 is 10.2 Å². The molecule has 0 spiro atoms. The number of aromatic carboxylic acids is 1.